The number of fused-ring (bicyclic) bond motifs is 1. The lowest BCUT2D eigenvalue weighted by molar-refractivity contribution is -0.148. The quantitative estimate of drug-likeness (QED) is 0.537. The minimum absolute atomic E-state index is 0.131. The van der Waals surface area contributed by atoms with Crippen LogP contribution in [0.3, 0.4) is 0 Å². The molecule has 0 aliphatic heterocycles. The van der Waals surface area contributed by atoms with Gasteiger partial charge in [0, 0.05) is 6.42 Å². The number of ether oxygens (including phenoxy) is 2. The normalized spacial score (nSPS) is 18.2. The molecule has 0 bridgehead atoms. The molecule has 0 saturated heterocycles. The van der Waals surface area contributed by atoms with Gasteiger partial charge in [-0.15, -0.1) is 0 Å². The van der Waals surface area contributed by atoms with E-state index in [0.717, 1.165) is 11.1 Å². The van der Waals surface area contributed by atoms with Crippen LogP contribution >= 0.6 is 0 Å². The highest BCUT2D eigenvalue weighted by molar-refractivity contribution is 5.92. The average Bonchev–Trinajstić information content (AvgIpc) is 2.76. The Balaban J connectivity index is 1.75. The summed E-state index contributed by atoms with van der Waals surface area (Å²) in [4.78, 5) is 37.8. The molecule has 188 valence electrons. The van der Waals surface area contributed by atoms with E-state index < -0.39 is 35.2 Å². The summed E-state index contributed by atoms with van der Waals surface area (Å²) in [6.07, 6.45) is 0.0785. The third-order valence-electron chi connectivity index (χ3n) is 5.86. The van der Waals surface area contributed by atoms with Gasteiger partial charge in [-0.1, -0.05) is 38.1 Å². The molecular formula is C27H34N2O6. The molecule has 0 aromatic heterocycles. The van der Waals surface area contributed by atoms with Crippen LogP contribution in [0.25, 0.3) is 0 Å². The van der Waals surface area contributed by atoms with E-state index in [-0.39, 0.29) is 18.8 Å². The van der Waals surface area contributed by atoms with Crippen molar-refractivity contribution in [2.24, 2.45) is 5.92 Å². The van der Waals surface area contributed by atoms with Gasteiger partial charge < -0.3 is 25.2 Å². The van der Waals surface area contributed by atoms with E-state index in [1.807, 2.05) is 42.5 Å². The number of amides is 2. The summed E-state index contributed by atoms with van der Waals surface area (Å²) in [5.41, 5.74) is -0.382. The number of alkyl carbamates (subject to hydrolysis) is 1. The van der Waals surface area contributed by atoms with E-state index >= 15 is 0 Å². The van der Waals surface area contributed by atoms with Gasteiger partial charge >= 0.3 is 12.1 Å². The number of nitrogens with one attached hydrogen (secondary N) is 2. The number of carbonyl (C=O) groups excluding carboxylic acids is 2. The van der Waals surface area contributed by atoms with Gasteiger partial charge in [-0.3, -0.25) is 4.79 Å². The van der Waals surface area contributed by atoms with Gasteiger partial charge in [-0.25, -0.2) is 9.59 Å². The first kappa shape index (κ1) is 26.1. The number of carbonyl (C=O) groups is 3. The Labute approximate surface area is 206 Å². The molecule has 1 unspecified atom stereocenters. The molecule has 2 atom stereocenters. The fourth-order valence-electron chi connectivity index (χ4n) is 4.08. The van der Waals surface area contributed by atoms with Crippen molar-refractivity contribution < 1.29 is 29.0 Å². The molecule has 35 heavy (non-hydrogen) atoms. The number of aliphatic carboxylic acids is 1. The predicted molar refractivity (Wildman–Crippen MR) is 131 cm³/mol. The van der Waals surface area contributed by atoms with Crippen molar-refractivity contribution in [3.63, 3.8) is 0 Å². The Morgan fingerprint density at radius 2 is 1.69 bits per heavy atom. The predicted octanol–water partition coefficient (Wildman–Crippen LogP) is 4.46. The smallest absolute Gasteiger partial charge is 0.408 e. The number of carboxylic acids is 1. The number of hydrogen-bond donors (Lipinski definition) is 3. The number of aryl methyl sites for hydroxylation is 1. The summed E-state index contributed by atoms with van der Waals surface area (Å²) in [6, 6.07) is 14.0. The molecule has 2 aromatic carbocycles. The van der Waals surface area contributed by atoms with Crippen LogP contribution in [0.15, 0.2) is 48.5 Å². The lowest BCUT2D eigenvalue weighted by Crippen LogP contribution is -2.62. The van der Waals surface area contributed by atoms with Gasteiger partial charge in [0.05, 0.1) is 0 Å². The zero-order valence-electron chi connectivity index (χ0n) is 20.9. The molecule has 8 heteroatoms. The Morgan fingerprint density at radius 1 is 1.00 bits per heavy atom. The third-order valence-corrected chi connectivity index (χ3v) is 5.86. The Morgan fingerprint density at radius 3 is 2.29 bits per heavy atom. The van der Waals surface area contributed by atoms with Gasteiger partial charge in [-0.05, 0) is 74.9 Å². The highest BCUT2D eigenvalue weighted by Gasteiger charge is 2.44. The van der Waals surface area contributed by atoms with Crippen molar-refractivity contribution in [2.45, 2.75) is 71.1 Å². The summed E-state index contributed by atoms with van der Waals surface area (Å²) in [5, 5.41) is 15.4. The molecule has 3 N–H and O–H groups in total. The third kappa shape index (κ3) is 6.74. The monoisotopic (exact) mass is 482 g/mol. The van der Waals surface area contributed by atoms with Crippen LogP contribution in [0.1, 0.15) is 52.2 Å². The summed E-state index contributed by atoms with van der Waals surface area (Å²) in [7, 11) is 0. The van der Waals surface area contributed by atoms with E-state index in [0.29, 0.717) is 17.9 Å². The van der Waals surface area contributed by atoms with E-state index in [9.17, 15) is 19.5 Å². The molecule has 2 amide bonds. The molecular weight excluding hydrogens is 448 g/mol. The fourth-order valence-corrected chi connectivity index (χ4v) is 4.08. The topological polar surface area (TPSA) is 114 Å². The molecule has 0 spiro atoms. The second-order valence-corrected chi connectivity index (χ2v) is 10.3. The zero-order chi connectivity index (χ0) is 25.8. The van der Waals surface area contributed by atoms with Gasteiger partial charge in [0.15, 0.2) is 0 Å². The molecule has 0 fully saturated rings. The summed E-state index contributed by atoms with van der Waals surface area (Å²) in [5.74, 6) is -0.556. The zero-order valence-corrected chi connectivity index (χ0v) is 20.9. The Kier molecular flexibility index (Phi) is 7.73. The molecule has 0 heterocycles. The second kappa shape index (κ2) is 10.4. The first-order chi connectivity index (χ1) is 16.4. The number of carboxylic acid groups (broad SMARTS) is 1. The standard InChI is InChI=1S/C27H34N2O6/c1-17(2)22(28-25(33)35-26(3,4)5)23(30)29-27(24(31)32)14-13-18-15-21(12-11-19(18)16-27)34-20-9-7-6-8-10-20/h6-12,15,17,22H,13-14,16H2,1-5H3,(H,28,33)(H,29,30)(H,31,32)/t22-,27?/m0/s1. The van der Waals surface area contributed by atoms with Gasteiger partial charge in [0.1, 0.15) is 28.7 Å². The Bertz CT molecular complexity index is 1080. The van der Waals surface area contributed by atoms with Crippen molar-refractivity contribution in [3.8, 4) is 11.5 Å². The SMILES string of the molecule is CC(C)[C@H](NC(=O)OC(C)(C)C)C(=O)NC1(C(=O)O)CCc2cc(Oc3ccccc3)ccc2C1. The van der Waals surface area contributed by atoms with Crippen molar-refractivity contribution >= 4 is 18.0 Å². The second-order valence-electron chi connectivity index (χ2n) is 10.3. The maximum atomic E-state index is 13.2. The molecule has 8 nitrogen and oxygen atoms in total. The van der Waals surface area contributed by atoms with Crippen LogP contribution in [0.2, 0.25) is 0 Å². The maximum absolute atomic E-state index is 13.2. The molecule has 0 radical (unpaired) electrons. The maximum Gasteiger partial charge on any atom is 0.408 e. The highest BCUT2D eigenvalue weighted by atomic mass is 16.6. The van der Waals surface area contributed by atoms with Crippen LogP contribution in [0, 0.1) is 5.92 Å². The van der Waals surface area contributed by atoms with Crippen LogP contribution < -0.4 is 15.4 Å². The van der Waals surface area contributed by atoms with E-state index in [2.05, 4.69) is 10.6 Å². The summed E-state index contributed by atoms with van der Waals surface area (Å²) < 4.78 is 11.2. The van der Waals surface area contributed by atoms with Crippen LogP contribution in [-0.4, -0.2) is 40.3 Å². The van der Waals surface area contributed by atoms with Crippen LogP contribution in [-0.2, 0) is 27.2 Å². The first-order valence-electron chi connectivity index (χ1n) is 11.8. The lowest BCUT2D eigenvalue weighted by atomic mass is 9.77. The van der Waals surface area contributed by atoms with Crippen molar-refractivity contribution in [3.05, 3.63) is 59.7 Å². The fraction of sp³-hybridized carbons (Fsp3) is 0.444. The Hall–Kier alpha value is -3.55. The number of rotatable bonds is 7. The first-order valence-corrected chi connectivity index (χ1v) is 11.8. The average molecular weight is 483 g/mol. The van der Waals surface area contributed by atoms with Crippen molar-refractivity contribution in [1.29, 1.82) is 0 Å². The largest absolute Gasteiger partial charge is 0.479 e. The van der Waals surface area contributed by atoms with Crippen LogP contribution in [0.5, 0.6) is 11.5 Å². The van der Waals surface area contributed by atoms with Gasteiger partial charge in [0.2, 0.25) is 5.91 Å². The minimum atomic E-state index is -1.48. The summed E-state index contributed by atoms with van der Waals surface area (Å²) in [6.45, 7) is 8.74. The number of hydrogen-bond acceptors (Lipinski definition) is 5. The van der Waals surface area contributed by atoms with E-state index in [4.69, 9.17) is 9.47 Å². The van der Waals surface area contributed by atoms with Gasteiger partial charge in [-0.2, -0.15) is 0 Å². The lowest BCUT2D eigenvalue weighted by Gasteiger charge is -2.37. The molecule has 0 saturated carbocycles. The van der Waals surface area contributed by atoms with Crippen molar-refractivity contribution in [1.82, 2.24) is 10.6 Å². The summed E-state index contributed by atoms with van der Waals surface area (Å²) >= 11 is 0. The highest BCUT2D eigenvalue weighted by Crippen LogP contribution is 2.33. The van der Waals surface area contributed by atoms with E-state index in [1.165, 1.54) is 0 Å². The molecule has 1 aliphatic carbocycles. The number of para-hydroxylation sites is 1. The molecule has 3 rings (SSSR count). The number of benzene rings is 2. The molecule has 1 aliphatic rings. The van der Waals surface area contributed by atoms with E-state index in [1.54, 1.807) is 40.7 Å². The van der Waals surface area contributed by atoms with Crippen molar-refractivity contribution in [2.75, 3.05) is 0 Å². The minimum Gasteiger partial charge on any atom is -0.479 e. The molecule has 2 aromatic rings. The van der Waals surface area contributed by atoms with Crippen LogP contribution in [0.4, 0.5) is 4.79 Å². The van der Waals surface area contributed by atoms with Gasteiger partial charge in [0.25, 0.3) is 0 Å².